The van der Waals surface area contributed by atoms with Crippen molar-refractivity contribution in [2.45, 2.75) is 38.1 Å². The van der Waals surface area contributed by atoms with Gasteiger partial charge in [-0.2, -0.15) is 0 Å². The maximum Gasteiger partial charge on any atom is 0.184 e. The lowest BCUT2D eigenvalue weighted by Gasteiger charge is -2.53. The number of nitrogens with zero attached hydrogens (tertiary/aromatic N) is 2. The van der Waals surface area contributed by atoms with E-state index in [0.717, 1.165) is 37.4 Å². The fourth-order valence-corrected chi connectivity index (χ4v) is 3.71. The number of pyridine rings is 1. The zero-order valence-corrected chi connectivity index (χ0v) is 10.9. The third-order valence-corrected chi connectivity index (χ3v) is 4.74. The van der Waals surface area contributed by atoms with Gasteiger partial charge < -0.3 is 0 Å². The minimum absolute atomic E-state index is 0.230. The van der Waals surface area contributed by atoms with Crippen molar-refractivity contribution in [3.8, 4) is 0 Å². The molecule has 2 bridgehead atoms. The van der Waals surface area contributed by atoms with Crippen LogP contribution < -0.4 is 0 Å². The summed E-state index contributed by atoms with van der Waals surface area (Å²) in [7, 11) is 0. The van der Waals surface area contributed by atoms with Crippen molar-refractivity contribution in [1.82, 2.24) is 9.88 Å². The predicted octanol–water partition coefficient (Wildman–Crippen LogP) is 2.53. The summed E-state index contributed by atoms with van der Waals surface area (Å²) in [5.74, 6) is 1.10. The minimum atomic E-state index is -0.230. The van der Waals surface area contributed by atoms with Crippen molar-refractivity contribution in [2.24, 2.45) is 5.92 Å². The molecule has 3 aliphatic rings. The van der Waals surface area contributed by atoms with Gasteiger partial charge in [-0.05, 0) is 50.3 Å². The van der Waals surface area contributed by atoms with Crippen LogP contribution in [0.2, 0.25) is 0 Å². The standard InChI is InChI=1S/C15H20N2O/c1-2-17-11-12-5-7-15(17,8-6-12)14(18)13-4-3-9-16-10-13/h3-4,9-10,12H,2,5-8,11H2,1H3. The van der Waals surface area contributed by atoms with E-state index in [2.05, 4.69) is 16.8 Å². The van der Waals surface area contributed by atoms with E-state index in [4.69, 9.17) is 0 Å². The van der Waals surface area contributed by atoms with E-state index in [0.29, 0.717) is 0 Å². The molecule has 1 saturated carbocycles. The molecule has 0 aromatic carbocycles. The Morgan fingerprint density at radius 2 is 2.28 bits per heavy atom. The zero-order chi connectivity index (χ0) is 12.6. The molecule has 0 atom stereocenters. The van der Waals surface area contributed by atoms with Crippen molar-refractivity contribution in [1.29, 1.82) is 0 Å². The van der Waals surface area contributed by atoms with E-state index in [1.165, 1.54) is 12.8 Å². The summed E-state index contributed by atoms with van der Waals surface area (Å²) in [5.41, 5.74) is 0.545. The third kappa shape index (κ3) is 1.69. The number of fused-ring (bicyclic) bond motifs is 3. The first kappa shape index (κ1) is 11.8. The normalized spacial score (nSPS) is 31.5. The summed E-state index contributed by atoms with van der Waals surface area (Å²) in [6.45, 7) is 4.24. The number of hydrogen-bond acceptors (Lipinski definition) is 3. The highest BCUT2D eigenvalue weighted by molar-refractivity contribution is 6.03. The molecule has 0 unspecified atom stereocenters. The summed E-state index contributed by atoms with van der Waals surface area (Å²) < 4.78 is 0. The highest BCUT2D eigenvalue weighted by Crippen LogP contribution is 2.44. The predicted molar refractivity (Wildman–Crippen MR) is 70.5 cm³/mol. The average molecular weight is 244 g/mol. The molecule has 2 saturated heterocycles. The molecule has 3 heteroatoms. The Hall–Kier alpha value is -1.22. The molecule has 3 heterocycles. The molecular formula is C15H20N2O. The van der Waals surface area contributed by atoms with Gasteiger partial charge in [0.2, 0.25) is 0 Å². The largest absolute Gasteiger partial charge is 0.292 e. The molecule has 1 aromatic heterocycles. The fraction of sp³-hybridized carbons (Fsp3) is 0.600. The molecule has 0 N–H and O–H groups in total. The second-order valence-electron chi connectivity index (χ2n) is 5.58. The molecule has 96 valence electrons. The molecule has 3 nitrogen and oxygen atoms in total. The summed E-state index contributed by atoms with van der Waals surface area (Å²) >= 11 is 0. The van der Waals surface area contributed by atoms with Crippen LogP contribution in [-0.2, 0) is 0 Å². The minimum Gasteiger partial charge on any atom is -0.292 e. The number of ketones is 1. The molecule has 0 radical (unpaired) electrons. The van der Waals surface area contributed by atoms with Gasteiger partial charge in [0.1, 0.15) is 0 Å². The number of Topliss-reactive ketones (excluding diaryl/α,β-unsaturated/α-hetero) is 1. The van der Waals surface area contributed by atoms with E-state index < -0.39 is 0 Å². The van der Waals surface area contributed by atoms with Crippen molar-refractivity contribution in [2.75, 3.05) is 13.1 Å². The molecule has 0 amide bonds. The van der Waals surface area contributed by atoms with E-state index in [1.54, 1.807) is 12.4 Å². The molecule has 4 rings (SSSR count). The number of likely N-dealkylation sites (N-methyl/N-ethyl adjacent to an activating group) is 1. The Morgan fingerprint density at radius 3 is 2.89 bits per heavy atom. The Kier molecular flexibility index (Phi) is 2.94. The summed E-state index contributed by atoms with van der Waals surface area (Å²) in [6.07, 6.45) is 7.92. The number of carbonyl (C=O) groups excluding carboxylic acids is 1. The average Bonchev–Trinajstić information content (AvgIpc) is 2.48. The van der Waals surface area contributed by atoms with E-state index in [-0.39, 0.29) is 11.3 Å². The Bertz CT molecular complexity index is 435. The lowest BCUT2D eigenvalue weighted by atomic mass is 9.67. The van der Waals surface area contributed by atoms with Gasteiger partial charge in [-0.15, -0.1) is 0 Å². The van der Waals surface area contributed by atoms with Crippen LogP contribution in [-0.4, -0.2) is 34.3 Å². The van der Waals surface area contributed by atoms with Gasteiger partial charge in [-0.25, -0.2) is 0 Å². The van der Waals surface area contributed by atoms with Gasteiger partial charge in [0.15, 0.2) is 5.78 Å². The Balaban J connectivity index is 1.95. The van der Waals surface area contributed by atoms with Gasteiger partial charge in [0.05, 0.1) is 5.54 Å². The topological polar surface area (TPSA) is 33.2 Å². The van der Waals surface area contributed by atoms with Gasteiger partial charge >= 0.3 is 0 Å². The first-order valence-electron chi connectivity index (χ1n) is 6.96. The van der Waals surface area contributed by atoms with Crippen LogP contribution in [0.25, 0.3) is 0 Å². The summed E-state index contributed by atoms with van der Waals surface area (Å²) in [4.78, 5) is 19.4. The van der Waals surface area contributed by atoms with Crippen molar-refractivity contribution >= 4 is 5.78 Å². The number of rotatable bonds is 3. The molecule has 0 spiro atoms. The van der Waals surface area contributed by atoms with Gasteiger partial charge in [0.25, 0.3) is 0 Å². The van der Waals surface area contributed by atoms with Crippen LogP contribution in [0.3, 0.4) is 0 Å². The molecule has 1 aliphatic carbocycles. The van der Waals surface area contributed by atoms with Crippen LogP contribution in [0.15, 0.2) is 24.5 Å². The van der Waals surface area contributed by atoms with E-state index >= 15 is 0 Å². The first-order valence-corrected chi connectivity index (χ1v) is 6.96. The van der Waals surface area contributed by atoms with Crippen molar-refractivity contribution < 1.29 is 4.79 Å². The third-order valence-electron chi connectivity index (χ3n) is 4.74. The molecule has 3 fully saturated rings. The number of carbonyl (C=O) groups is 1. The van der Waals surface area contributed by atoms with Crippen molar-refractivity contribution in [3.05, 3.63) is 30.1 Å². The molecule has 2 aliphatic heterocycles. The molecule has 18 heavy (non-hydrogen) atoms. The van der Waals surface area contributed by atoms with Crippen molar-refractivity contribution in [3.63, 3.8) is 0 Å². The maximum atomic E-state index is 12.9. The highest BCUT2D eigenvalue weighted by Gasteiger charge is 2.50. The van der Waals surface area contributed by atoms with Gasteiger partial charge in [-0.1, -0.05) is 6.92 Å². The lowest BCUT2D eigenvalue weighted by molar-refractivity contribution is -0.0160. The van der Waals surface area contributed by atoms with E-state index in [9.17, 15) is 4.79 Å². The first-order chi connectivity index (χ1) is 8.76. The quantitative estimate of drug-likeness (QED) is 0.766. The maximum absolute atomic E-state index is 12.9. The molecular weight excluding hydrogens is 224 g/mol. The van der Waals surface area contributed by atoms with E-state index in [1.807, 2.05) is 12.1 Å². The Labute approximate surface area is 108 Å². The zero-order valence-electron chi connectivity index (χ0n) is 10.9. The number of aromatic nitrogens is 1. The second-order valence-corrected chi connectivity index (χ2v) is 5.58. The lowest BCUT2D eigenvalue weighted by Crippen LogP contribution is -2.62. The Morgan fingerprint density at radius 1 is 1.50 bits per heavy atom. The highest BCUT2D eigenvalue weighted by atomic mass is 16.1. The second kappa shape index (κ2) is 4.47. The van der Waals surface area contributed by atoms with Crippen LogP contribution in [0, 0.1) is 5.92 Å². The van der Waals surface area contributed by atoms with Crippen LogP contribution in [0.4, 0.5) is 0 Å². The monoisotopic (exact) mass is 244 g/mol. The number of hydrogen-bond donors (Lipinski definition) is 0. The van der Waals surface area contributed by atoms with Gasteiger partial charge in [-0.3, -0.25) is 14.7 Å². The van der Waals surface area contributed by atoms with Crippen LogP contribution in [0.1, 0.15) is 43.0 Å². The van der Waals surface area contributed by atoms with Crippen LogP contribution >= 0.6 is 0 Å². The summed E-state index contributed by atoms with van der Waals surface area (Å²) in [6, 6.07) is 3.76. The fourth-order valence-electron chi connectivity index (χ4n) is 3.71. The van der Waals surface area contributed by atoms with Crippen LogP contribution in [0.5, 0.6) is 0 Å². The molecule has 1 aromatic rings. The summed E-state index contributed by atoms with van der Waals surface area (Å²) in [5, 5.41) is 0. The smallest absolute Gasteiger partial charge is 0.184 e. The SMILES string of the molecule is CCN1CC2CCC1(C(=O)c1cccnc1)CC2. The van der Waals surface area contributed by atoms with Gasteiger partial charge in [0, 0.05) is 24.5 Å². The number of piperidine rings is 2.